The van der Waals surface area contributed by atoms with Crippen LogP contribution in [0.25, 0.3) is 0 Å². The Morgan fingerprint density at radius 2 is 1.56 bits per heavy atom. The predicted molar refractivity (Wildman–Crippen MR) is 92.4 cm³/mol. The Kier molecular flexibility index (Phi) is 6.57. The summed E-state index contributed by atoms with van der Waals surface area (Å²) in [5.41, 5.74) is 0.182. The van der Waals surface area contributed by atoms with Gasteiger partial charge in [-0.2, -0.15) is 13.2 Å². The first kappa shape index (κ1) is 20.4. The normalized spacial score (nSPS) is 13.5. The van der Waals surface area contributed by atoms with E-state index in [0.29, 0.717) is 0 Å². The lowest BCUT2D eigenvalue weighted by molar-refractivity contribution is -0.139. The largest absolute Gasteiger partial charge is 0.416 e. The van der Waals surface area contributed by atoms with Crippen molar-refractivity contribution in [3.05, 3.63) is 71.3 Å². The highest BCUT2D eigenvalue weighted by molar-refractivity contribution is 6.35. The standard InChI is InChI=1S/C19H19F3N2O3/c1-12(13-5-3-2-4-6-13)24-18(27)17(26)23-11-16(25)14-7-9-15(10-8-14)19(20,21)22/h2-10,12,16,25H,11H2,1H3,(H,23,26)(H,24,27)/t12-,16+/m0/s1. The Hall–Kier alpha value is -2.87. The second kappa shape index (κ2) is 8.68. The van der Waals surface area contributed by atoms with Crippen LogP contribution in [0.4, 0.5) is 13.2 Å². The Balaban J connectivity index is 1.86. The van der Waals surface area contributed by atoms with E-state index in [1.54, 1.807) is 31.2 Å². The molecule has 0 aromatic heterocycles. The van der Waals surface area contributed by atoms with Crippen LogP contribution in [0.1, 0.15) is 35.8 Å². The molecule has 8 heteroatoms. The number of nitrogens with one attached hydrogen (secondary N) is 2. The van der Waals surface area contributed by atoms with E-state index in [9.17, 15) is 27.9 Å². The summed E-state index contributed by atoms with van der Waals surface area (Å²) in [6.45, 7) is 1.41. The van der Waals surface area contributed by atoms with Gasteiger partial charge in [-0.05, 0) is 30.2 Å². The molecule has 2 aromatic carbocycles. The van der Waals surface area contributed by atoms with Crippen LogP contribution in [0.5, 0.6) is 0 Å². The summed E-state index contributed by atoms with van der Waals surface area (Å²) in [4.78, 5) is 23.7. The minimum absolute atomic E-state index is 0.196. The summed E-state index contributed by atoms with van der Waals surface area (Å²) in [5.74, 6) is -1.81. The zero-order chi connectivity index (χ0) is 20.0. The van der Waals surface area contributed by atoms with Crippen LogP contribution in [-0.4, -0.2) is 23.5 Å². The summed E-state index contributed by atoms with van der Waals surface area (Å²) >= 11 is 0. The van der Waals surface area contributed by atoms with Crippen LogP contribution in [0, 0.1) is 0 Å². The average molecular weight is 380 g/mol. The number of carbonyl (C=O) groups is 2. The van der Waals surface area contributed by atoms with E-state index < -0.39 is 29.7 Å². The molecule has 0 aliphatic heterocycles. The monoisotopic (exact) mass is 380 g/mol. The van der Waals surface area contributed by atoms with Crippen molar-refractivity contribution in [2.24, 2.45) is 0 Å². The van der Waals surface area contributed by atoms with Gasteiger partial charge in [-0.3, -0.25) is 9.59 Å². The molecule has 0 radical (unpaired) electrons. The fraction of sp³-hybridized carbons (Fsp3) is 0.263. The fourth-order valence-electron chi connectivity index (χ4n) is 2.37. The lowest BCUT2D eigenvalue weighted by Gasteiger charge is -2.16. The van der Waals surface area contributed by atoms with Crippen LogP contribution >= 0.6 is 0 Å². The van der Waals surface area contributed by atoms with Gasteiger partial charge < -0.3 is 15.7 Å². The van der Waals surface area contributed by atoms with Crippen molar-refractivity contribution >= 4 is 11.8 Å². The van der Waals surface area contributed by atoms with Gasteiger partial charge in [0.1, 0.15) is 0 Å². The summed E-state index contributed by atoms with van der Waals surface area (Å²) in [5, 5.41) is 14.8. The molecular formula is C19H19F3N2O3. The molecule has 27 heavy (non-hydrogen) atoms. The Bertz CT molecular complexity index is 777. The fourth-order valence-corrected chi connectivity index (χ4v) is 2.37. The van der Waals surface area contributed by atoms with Gasteiger partial charge in [-0.1, -0.05) is 42.5 Å². The maximum absolute atomic E-state index is 12.5. The zero-order valence-electron chi connectivity index (χ0n) is 14.5. The summed E-state index contributed by atoms with van der Waals surface area (Å²) in [6, 6.07) is 12.6. The lowest BCUT2D eigenvalue weighted by Crippen LogP contribution is -2.42. The number of carbonyl (C=O) groups excluding carboxylic acids is 2. The third kappa shape index (κ3) is 5.82. The molecule has 5 nitrogen and oxygen atoms in total. The SMILES string of the molecule is C[C@H](NC(=O)C(=O)NC[C@@H](O)c1ccc(C(F)(F)F)cc1)c1ccccc1. The predicted octanol–water partition coefficient (Wildman–Crippen LogP) is 2.73. The molecule has 0 saturated carbocycles. The molecule has 0 spiro atoms. The number of halogens is 3. The molecule has 0 saturated heterocycles. The van der Waals surface area contributed by atoms with Gasteiger partial charge in [-0.25, -0.2) is 0 Å². The van der Waals surface area contributed by atoms with E-state index in [4.69, 9.17) is 0 Å². The molecule has 144 valence electrons. The van der Waals surface area contributed by atoms with Gasteiger partial charge in [-0.15, -0.1) is 0 Å². The van der Waals surface area contributed by atoms with Gasteiger partial charge in [0.25, 0.3) is 0 Å². The summed E-state index contributed by atoms with van der Waals surface area (Å²) < 4.78 is 37.6. The first-order valence-electron chi connectivity index (χ1n) is 8.17. The topological polar surface area (TPSA) is 78.4 Å². The third-order valence-electron chi connectivity index (χ3n) is 3.93. The van der Waals surface area contributed by atoms with E-state index in [1.807, 2.05) is 6.07 Å². The van der Waals surface area contributed by atoms with Gasteiger partial charge in [0.15, 0.2) is 0 Å². The van der Waals surface area contributed by atoms with Crippen LogP contribution in [0.3, 0.4) is 0 Å². The summed E-state index contributed by atoms with van der Waals surface area (Å²) in [7, 11) is 0. The van der Waals surface area contributed by atoms with Crippen molar-refractivity contribution in [3.63, 3.8) is 0 Å². The van der Waals surface area contributed by atoms with E-state index in [1.165, 1.54) is 0 Å². The second-order valence-electron chi connectivity index (χ2n) is 5.95. The Morgan fingerprint density at radius 3 is 2.11 bits per heavy atom. The second-order valence-corrected chi connectivity index (χ2v) is 5.95. The first-order valence-corrected chi connectivity index (χ1v) is 8.17. The number of amides is 2. The van der Waals surface area contributed by atoms with Crippen molar-refractivity contribution in [1.29, 1.82) is 0 Å². The molecule has 3 N–H and O–H groups in total. The van der Waals surface area contributed by atoms with Crippen molar-refractivity contribution < 1.29 is 27.9 Å². The molecule has 0 aliphatic carbocycles. The molecule has 0 aliphatic rings. The molecule has 0 heterocycles. The molecule has 2 aromatic rings. The van der Waals surface area contributed by atoms with Crippen molar-refractivity contribution in [2.45, 2.75) is 25.2 Å². The molecule has 2 rings (SSSR count). The van der Waals surface area contributed by atoms with Crippen LogP contribution in [0.2, 0.25) is 0 Å². The molecule has 0 fully saturated rings. The number of aliphatic hydroxyl groups excluding tert-OH is 1. The van der Waals surface area contributed by atoms with E-state index in [-0.39, 0.29) is 18.2 Å². The van der Waals surface area contributed by atoms with Crippen LogP contribution < -0.4 is 10.6 Å². The van der Waals surface area contributed by atoms with Crippen molar-refractivity contribution in [2.75, 3.05) is 6.54 Å². The van der Waals surface area contributed by atoms with Gasteiger partial charge in [0, 0.05) is 6.54 Å². The van der Waals surface area contributed by atoms with Crippen LogP contribution in [-0.2, 0) is 15.8 Å². The smallest absolute Gasteiger partial charge is 0.387 e. The highest BCUT2D eigenvalue weighted by atomic mass is 19.4. The van der Waals surface area contributed by atoms with Gasteiger partial charge >= 0.3 is 18.0 Å². The van der Waals surface area contributed by atoms with Gasteiger partial charge in [0.05, 0.1) is 17.7 Å². The lowest BCUT2D eigenvalue weighted by atomic mass is 10.1. The molecular weight excluding hydrogens is 361 g/mol. The number of hydrogen-bond donors (Lipinski definition) is 3. The number of rotatable bonds is 5. The van der Waals surface area contributed by atoms with Crippen molar-refractivity contribution in [3.8, 4) is 0 Å². The zero-order valence-corrected chi connectivity index (χ0v) is 14.5. The number of aliphatic hydroxyl groups is 1. The maximum atomic E-state index is 12.5. The van der Waals surface area contributed by atoms with E-state index in [0.717, 1.165) is 29.8 Å². The molecule has 0 unspecified atom stereocenters. The number of hydrogen-bond acceptors (Lipinski definition) is 3. The highest BCUT2D eigenvalue weighted by Crippen LogP contribution is 2.29. The maximum Gasteiger partial charge on any atom is 0.416 e. The van der Waals surface area contributed by atoms with Crippen LogP contribution in [0.15, 0.2) is 54.6 Å². The third-order valence-corrected chi connectivity index (χ3v) is 3.93. The number of benzene rings is 2. The molecule has 0 bridgehead atoms. The quantitative estimate of drug-likeness (QED) is 0.698. The minimum Gasteiger partial charge on any atom is -0.387 e. The molecule has 2 atom stereocenters. The number of alkyl halides is 3. The molecule has 2 amide bonds. The van der Waals surface area contributed by atoms with Gasteiger partial charge in [0.2, 0.25) is 0 Å². The van der Waals surface area contributed by atoms with Crippen molar-refractivity contribution in [1.82, 2.24) is 10.6 Å². The summed E-state index contributed by atoms with van der Waals surface area (Å²) in [6.07, 6.45) is -5.71. The average Bonchev–Trinajstić information content (AvgIpc) is 2.65. The van der Waals surface area contributed by atoms with E-state index in [2.05, 4.69) is 10.6 Å². The minimum atomic E-state index is -4.47. The highest BCUT2D eigenvalue weighted by Gasteiger charge is 2.30. The van der Waals surface area contributed by atoms with E-state index >= 15 is 0 Å². The Morgan fingerprint density at radius 1 is 0.963 bits per heavy atom. The Labute approximate surface area is 154 Å². The first-order chi connectivity index (χ1) is 12.7.